The minimum atomic E-state index is 0.101. The number of nitrogens with zero attached hydrogens (tertiary/aromatic N) is 4. The standard InChI is InChI=1S/C22H14N6OS/c29-13-8-12(10-23-11-13)16-3-4-17-20(25-16)21(28-27-17)18-9-15-14(19-2-1-7-30-19)5-6-24-22(15)26-18/h1-11,29H,(H,24,26)(H,27,28). The van der Waals surface area contributed by atoms with Crippen molar-refractivity contribution in [2.45, 2.75) is 0 Å². The van der Waals surface area contributed by atoms with Gasteiger partial charge in [-0.2, -0.15) is 5.10 Å². The Morgan fingerprint density at radius 2 is 2.00 bits per heavy atom. The van der Waals surface area contributed by atoms with Gasteiger partial charge in [-0.05, 0) is 41.8 Å². The van der Waals surface area contributed by atoms with Crippen LogP contribution in [-0.2, 0) is 0 Å². The zero-order valence-electron chi connectivity index (χ0n) is 15.5. The molecule has 0 radical (unpaired) electrons. The molecule has 0 saturated carbocycles. The molecule has 6 heterocycles. The highest BCUT2D eigenvalue weighted by atomic mass is 32.1. The molecule has 0 aliphatic carbocycles. The molecule has 6 aromatic rings. The Morgan fingerprint density at radius 3 is 2.87 bits per heavy atom. The summed E-state index contributed by atoms with van der Waals surface area (Å²) in [5.74, 6) is 0.101. The van der Waals surface area contributed by atoms with Crippen molar-refractivity contribution in [2.24, 2.45) is 0 Å². The molecule has 30 heavy (non-hydrogen) atoms. The lowest BCUT2D eigenvalue weighted by Crippen LogP contribution is -1.87. The molecule has 3 N–H and O–H groups in total. The van der Waals surface area contributed by atoms with E-state index in [4.69, 9.17) is 4.98 Å². The molecule has 6 aromatic heterocycles. The Kier molecular flexibility index (Phi) is 3.65. The summed E-state index contributed by atoms with van der Waals surface area (Å²) in [4.78, 5) is 17.9. The van der Waals surface area contributed by atoms with Gasteiger partial charge in [0.25, 0.3) is 0 Å². The summed E-state index contributed by atoms with van der Waals surface area (Å²) in [6.07, 6.45) is 4.88. The van der Waals surface area contributed by atoms with Gasteiger partial charge in [-0.25, -0.2) is 9.97 Å². The van der Waals surface area contributed by atoms with Crippen LogP contribution in [0.4, 0.5) is 0 Å². The van der Waals surface area contributed by atoms with Crippen LogP contribution in [0.2, 0.25) is 0 Å². The fourth-order valence-electron chi connectivity index (χ4n) is 3.62. The minimum absolute atomic E-state index is 0.101. The van der Waals surface area contributed by atoms with E-state index < -0.39 is 0 Å². The van der Waals surface area contributed by atoms with E-state index in [2.05, 4.69) is 42.7 Å². The van der Waals surface area contributed by atoms with Gasteiger partial charge in [0.1, 0.15) is 22.6 Å². The molecule has 0 amide bonds. The predicted octanol–water partition coefficient (Wildman–Crippen LogP) is 5.00. The van der Waals surface area contributed by atoms with Crippen LogP contribution in [0.1, 0.15) is 0 Å². The highest BCUT2D eigenvalue weighted by molar-refractivity contribution is 7.13. The molecule has 0 bridgehead atoms. The maximum atomic E-state index is 9.75. The zero-order chi connectivity index (χ0) is 20.1. The van der Waals surface area contributed by atoms with E-state index in [0.717, 1.165) is 44.6 Å². The Balaban J connectivity index is 1.52. The normalized spacial score (nSPS) is 11.5. The van der Waals surface area contributed by atoms with Crippen LogP contribution in [0.3, 0.4) is 0 Å². The van der Waals surface area contributed by atoms with Gasteiger partial charge in [0, 0.05) is 33.8 Å². The highest BCUT2D eigenvalue weighted by Gasteiger charge is 2.16. The van der Waals surface area contributed by atoms with Crippen LogP contribution < -0.4 is 0 Å². The van der Waals surface area contributed by atoms with E-state index in [0.29, 0.717) is 5.69 Å². The van der Waals surface area contributed by atoms with Crippen LogP contribution >= 0.6 is 11.3 Å². The second-order valence-corrected chi connectivity index (χ2v) is 7.83. The highest BCUT2D eigenvalue weighted by Crippen LogP contribution is 2.35. The number of aromatic amines is 2. The summed E-state index contributed by atoms with van der Waals surface area (Å²) in [7, 11) is 0. The number of pyridine rings is 3. The summed E-state index contributed by atoms with van der Waals surface area (Å²) in [6.45, 7) is 0. The Morgan fingerprint density at radius 1 is 1.03 bits per heavy atom. The largest absolute Gasteiger partial charge is 0.506 e. The van der Waals surface area contributed by atoms with Crippen molar-refractivity contribution in [2.75, 3.05) is 0 Å². The number of nitrogens with one attached hydrogen (secondary N) is 2. The summed E-state index contributed by atoms with van der Waals surface area (Å²) < 4.78 is 0. The number of H-pyrrole nitrogens is 2. The molecule has 0 spiro atoms. The maximum Gasteiger partial charge on any atom is 0.138 e. The number of fused-ring (bicyclic) bond motifs is 2. The first-order valence-electron chi connectivity index (χ1n) is 9.28. The minimum Gasteiger partial charge on any atom is -0.506 e. The van der Waals surface area contributed by atoms with Gasteiger partial charge in [-0.15, -0.1) is 11.3 Å². The monoisotopic (exact) mass is 410 g/mol. The van der Waals surface area contributed by atoms with Crippen LogP contribution in [-0.4, -0.2) is 35.2 Å². The van der Waals surface area contributed by atoms with Crippen molar-refractivity contribution in [3.8, 4) is 38.8 Å². The number of hydrogen-bond acceptors (Lipinski definition) is 6. The van der Waals surface area contributed by atoms with Gasteiger partial charge < -0.3 is 10.1 Å². The van der Waals surface area contributed by atoms with Gasteiger partial charge >= 0.3 is 0 Å². The van der Waals surface area contributed by atoms with E-state index in [9.17, 15) is 5.11 Å². The van der Waals surface area contributed by atoms with Crippen LogP contribution in [0.25, 0.3) is 55.2 Å². The average molecular weight is 410 g/mol. The molecule has 0 aliphatic rings. The SMILES string of the molecule is Oc1cncc(-c2ccc3[nH]nc(-c4cc5c(-c6cccs6)ccnc5[nH]4)c3n2)c1. The van der Waals surface area contributed by atoms with Gasteiger partial charge in [-0.1, -0.05) is 6.07 Å². The summed E-state index contributed by atoms with van der Waals surface area (Å²) in [5, 5.41) is 20.4. The molecule has 0 saturated heterocycles. The van der Waals surface area contributed by atoms with Crippen molar-refractivity contribution in [1.29, 1.82) is 0 Å². The number of rotatable bonds is 3. The van der Waals surface area contributed by atoms with Crippen molar-refractivity contribution in [3.05, 3.63) is 66.4 Å². The Bertz CT molecular complexity index is 1520. The second kappa shape index (κ2) is 6.50. The van der Waals surface area contributed by atoms with E-state index in [1.165, 1.54) is 11.1 Å². The van der Waals surface area contributed by atoms with Gasteiger partial charge in [0.15, 0.2) is 0 Å². The fourth-order valence-corrected chi connectivity index (χ4v) is 4.38. The summed E-state index contributed by atoms with van der Waals surface area (Å²) >= 11 is 1.70. The second-order valence-electron chi connectivity index (χ2n) is 6.88. The van der Waals surface area contributed by atoms with Crippen LogP contribution in [0, 0.1) is 0 Å². The third-order valence-corrected chi connectivity index (χ3v) is 5.90. The fraction of sp³-hybridized carbons (Fsp3) is 0. The molecular weight excluding hydrogens is 396 g/mol. The van der Waals surface area contributed by atoms with Crippen molar-refractivity contribution < 1.29 is 5.11 Å². The topological polar surface area (TPSA) is 103 Å². The number of aromatic nitrogens is 6. The predicted molar refractivity (Wildman–Crippen MR) is 117 cm³/mol. The van der Waals surface area contributed by atoms with E-state index in [1.54, 1.807) is 23.6 Å². The zero-order valence-corrected chi connectivity index (χ0v) is 16.3. The van der Waals surface area contributed by atoms with Gasteiger partial charge in [-0.3, -0.25) is 10.1 Å². The molecule has 0 unspecified atom stereocenters. The van der Waals surface area contributed by atoms with E-state index in [-0.39, 0.29) is 5.75 Å². The maximum absolute atomic E-state index is 9.75. The third kappa shape index (κ3) is 2.66. The lowest BCUT2D eigenvalue weighted by molar-refractivity contribution is 0.473. The molecule has 144 valence electrons. The average Bonchev–Trinajstić information content (AvgIpc) is 3.51. The molecule has 0 aromatic carbocycles. The van der Waals surface area contributed by atoms with Crippen molar-refractivity contribution >= 4 is 33.4 Å². The van der Waals surface area contributed by atoms with Gasteiger partial charge in [0.05, 0.1) is 23.1 Å². The molecule has 0 aliphatic heterocycles. The first-order valence-corrected chi connectivity index (χ1v) is 10.2. The van der Waals surface area contributed by atoms with Crippen molar-refractivity contribution in [3.63, 3.8) is 0 Å². The van der Waals surface area contributed by atoms with Crippen molar-refractivity contribution in [1.82, 2.24) is 30.1 Å². The number of aromatic hydroxyl groups is 1. The lowest BCUT2D eigenvalue weighted by Gasteiger charge is -2.01. The number of hydrogen-bond donors (Lipinski definition) is 3. The molecule has 0 fully saturated rings. The van der Waals surface area contributed by atoms with Crippen LogP contribution in [0.5, 0.6) is 5.75 Å². The van der Waals surface area contributed by atoms with E-state index >= 15 is 0 Å². The molecular formula is C22H14N6OS. The number of thiophene rings is 1. The summed E-state index contributed by atoms with van der Waals surface area (Å²) in [5.41, 5.74) is 6.51. The molecule has 7 nitrogen and oxygen atoms in total. The van der Waals surface area contributed by atoms with Gasteiger partial charge in [0.2, 0.25) is 0 Å². The molecule has 8 heteroatoms. The first kappa shape index (κ1) is 16.9. The first-order chi connectivity index (χ1) is 14.8. The summed E-state index contributed by atoms with van der Waals surface area (Å²) in [6, 6.07) is 13.7. The molecule has 6 rings (SSSR count). The van der Waals surface area contributed by atoms with Crippen LogP contribution in [0.15, 0.2) is 66.4 Å². The Labute approximate surface area is 174 Å². The smallest absolute Gasteiger partial charge is 0.138 e. The molecule has 0 atom stereocenters. The third-order valence-electron chi connectivity index (χ3n) is 5.00. The van der Waals surface area contributed by atoms with E-state index in [1.807, 2.05) is 30.5 Å². The quantitative estimate of drug-likeness (QED) is 0.381. The Hall–Kier alpha value is -4.04. The lowest BCUT2D eigenvalue weighted by atomic mass is 10.1.